The fourth-order valence-corrected chi connectivity index (χ4v) is 6.59. The molecule has 0 unspecified atom stereocenters. The molecule has 1 saturated heterocycles. The van der Waals surface area contributed by atoms with Crippen molar-refractivity contribution in [3.05, 3.63) is 84.4 Å². The molecule has 36 heavy (non-hydrogen) atoms. The number of benzene rings is 3. The van der Waals surface area contributed by atoms with Gasteiger partial charge >= 0.3 is 0 Å². The molecule has 3 heterocycles. The first-order chi connectivity index (χ1) is 17.4. The Morgan fingerprint density at radius 2 is 1.67 bits per heavy atom. The fourth-order valence-electron chi connectivity index (χ4n) is 4.96. The quantitative estimate of drug-likeness (QED) is 0.370. The standard InChI is InChI=1S/C27H26N6O2S/c1-19-9-8-10-21(17-19)25-29-30-26-23-13-6-7-14-24(23)28-27(33(25)26)31-15-16-32(20(2)18-31)36(34,35)22-11-4-3-5-12-22/h3-14,17,20H,15-16,18H2,1-2H3/t20-/m0/s1. The number of sulfonamides is 1. The van der Waals surface area contributed by atoms with Crippen LogP contribution in [0, 0.1) is 6.92 Å². The van der Waals surface area contributed by atoms with E-state index in [1.807, 2.05) is 53.8 Å². The molecule has 1 fully saturated rings. The second-order valence-electron chi connectivity index (χ2n) is 9.20. The molecular weight excluding hydrogens is 472 g/mol. The molecule has 0 aliphatic carbocycles. The van der Waals surface area contributed by atoms with E-state index in [1.165, 1.54) is 0 Å². The van der Waals surface area contributed by atoms with Crippen LogP contribution in [0.25, 0.3) is 27.9 Å². The van der Waals surface area contributed by atoms with Gasteiger partial charge in [0.15, 0.2) is 11.5 Å². The van der Waals surface area contributed by atoms with Crippen molar-refractivity contribution >= 4 is 32.5 Å². The third-order valence-electron chi connectivity index (χ3n) is 6.70. The lowest BCUT2D eigenvalue weighted by atomic mass is 10.1. The van der Waals surface area contributed by atoms with E-state index < -0.39 is 10.0 Å². The number of aromatic nitrogens is 4. The average Bonchev–Trinajstić information content (AvgIpc) is 3.34. The van der Waals surface area contributed by atoms with Gasteiger partial charge in [0.25, 0.3) is 0 Å². The van der Waals surface area contributed by atoms with Gasteiger partial charge in [0, 0.05) is 36.6 Å². The summed E-state index contributed by atoms with van der Waals surface area (Å²) in [6, 6.07) is 24.5. The largest absolute Gasteiger partial charge is 0.339 e. The lowest BCUT2D eigenvalue weighted by Gasteiger charge is -2.39. The van der Waals surface area contributed by atoms with E-state index >= 15 is 0 Å². The molecule has 6 rings (SSSR count). The Hall–Kier alpha value is -3.82. The number of rotatable bonds is 4. The highest BCUT2D eigenvalue weighted by atomic mass is 32.2. The minimum absolute atomic E-state index is 0.244. The maximum absolute atomic E-state index is 13.3. The van der Waals surface area contributed by atoms with E-state index in [0.717, 1.165) is 27.7 Å². The zero-order valence-electron chi connectivity index (χ0n) is 20.1. The molecule has 1 aliphatic rings. The predicted molar refractivity (Wildman–Crippen MR) is 140 cm³/mol. The topological polar surface area (TPSA) is 83.7 Å². The molecule has 182 valence electrons. The van der Waals surface area contributed by atoms with E-state index in [0.29, 0.717) is 36.3 Å². The maximum Gasteiger partial charge on any atom is 0.243 e. The number of aryl methyl sites for hydroxylation is 1. The highest BCUT2D eigenvalue weighted by molar-refractivity contribution is 7.89. The van der Waals surface area contributed by atoms with E-state index in [1.54, 1.807) is 28.6 Å². The Bertz CT molecular complexity index is 1680. The molecule has 0 amide bonds. The van der Waals surface area contributed by atoms with Gasteiger partial charge in [-0.2, -0.15) is 4.31 Å². The highest BCUT2D eigenvalue weighted by Gasteiger charge is 2.35. The first-order valence-corrected chi connectivity index (χ1v) is 13.4. The lowest BCUT2D eigenvalue weighted by Crippen LogP contribution is -2.54. The number of hydrogen-bond acceptors (Lipinski definition) is 6. The Morgan fingerprint density at radius 3 is 2.44 bits per heavy atom. The van der Waals surface area contributed by atoms with Gasteiger partial charge in [-0.1, -0.05) is 54.1 Å². The van der Waals surface area contributed by atoms with Crippen molar-refractivity contribution in [2.75, 3.05) is 24.5 Å². The summed E-state index contributed by atoms with van der Waals surface area (Å²) < 4.78 is 30.2. The van der Waals surface area contributed by atoms with Crippen molar-refractivity contribution in [2.24, 2.45) is 0 Å². The second-order valence-corrected chi connectivity index (χ2v) is 11.1. The minimum atomic E-state index is -3.58. The van der Waals surface area contributed by atoms with Crippen LogP contribution in [0.1, 0.15) is 12.5 Å². The molecule has 0 bridgehead atoms. The van der Waals surface area contributed by atoms with Crippen molar-refractivity contribution in [3.63, 3.8) is 0 Å². The molecule has 0 radical (unpaired) electrons. The van der Waals surface area contributed by atoms with E-state index in [9.17, 15) is 8.42 Å². The van der Waals surface area contributed by atoms with Crippen LogP contribution in [0.2, 0.25) is 0 Å². The normalized spacial score (nSPS) is 17.2. The third kappa shape index (κ3) is 3.71. The first kappa shape index (κ1) is 22.6. The zero-order valence-corrected chi connectivity index (χ0v) is 20.9. The van der Waals surface area contributed by atoms with Gasteiger partial charge < -0.3 is 4.90 Å². The summed E-state index contributed by atoms with van der Waals surface area (Å²) in [6.07, 6.45) is 0. The first-order valence-electron chi connectivity index (χ1n) is 12.0. The molecule has 5 aromatic rings. The van der Waals surface area contributed by atoms with Crippen LogP contribution in [0.3, 0.4) is 0 Å². The van der Waals surface area contributed by atoms with Crippen LogP contribution in [0.15, 0.2) is 83.8 Å². The molecule has 8 nitrogen and oxygen atoms in total. The molecule has 0 N–H and O–H groups in total. The van der Waals surface area contributed by atoms with Crippen molar-refractivity contribution in [2.45, 2.75) is 24.8 Å². The van der Waals surface area contributed by atoms with Gasteiger partial charge in [-0.25, -0.2) is 17.8 Å². The number of nitrogens with zero attached hydrogens (tertiary/aromatic N) is 6. The van der Waals surface area contributed by atoms with Gasteiger partial charge in [-0.3, -0.25) is 0 Å². The summed E-state index contributed by atoms with van der Waals surface area (Å²) >= 11 is 0. The second kappa shape index (κ2) is 8.69. The van der Waals surface area contributed by atoms with E-state index in [-0.39, 0.29) is 6.04 Å². The smallest absolute Gasteiger partial charge is 0.243 e. The van der Waals surface area contributed by atoms with E-state index in [4.69, 9.17) is 4.98 Å². The minimum Gasteiger partial charge on any atom is -0.339 e. The molecule has 1 aliphatic heterocycles. The van der Waals surface area contributed by atoms with E-state index in [2.05, 4.69) is 34.2 Å². The van der Waals surface area contributed by atoms with Gasteiger partial charge in [0.05, 0.1) is 10.4 Å². The van der Waals surface area contributed by atoms with Gasteiger partial charge in [0.2, 0.25) is 16.0 Å². The summed E-state index contributed by atoms with van der Waals surface area (Å²) in [5, 5.41) is 10.0. The van der Waals surface area contributed by atoms with Gasteiger partial charge in [-0.15, -0.1) is 10.2 Å². The molecule has 0 spiro atoms. The van der Waals surface area contributed by atoms with Crippen LogP contribution < -0.4 is 4.90 Å². The summed E-state index contributed by atoms with van der Waals surface area (Å²) in [5.74, 6) is 1.43. The summed E-state index contributed by atoms with van der Waals surface area (Å²) in [4.78, 5) is 7.49. The van der Waals surface area contributed by atoms with Gasteiger partial charge in [-0.05, 0) is 44.2 Å². The number of anilines is 1. The Kier molecular flexibility index (Phi) is 5.46. The number of fused-ring (bicyclic) bond motifs is 3. The van der Waals surface area contributed by atoms with Crippen LogP contribution in [-0.4, -0.2) is 58.0 Å². The van der Waals surface area contributed by atoms with Crippen molar-refractivity contribution in [1.82, 2.24) is 23.9 Å². The third-order valence-corrected chi connectivity index (χ3v) is 8.73. The Labute approximate surface area is 209 Å². The zero-order chi connectivity index (χ0) is 24.9. The molecular formula is C27H26N6O2S. The van der Waals surface area contributed by atoms with Crippen LogP contribution >= 0.6 is 0 Å². The van der Waals surface area contributed by atoms with Crippen molar-refractivity contribution in [3.8, 4) is 11.4 Å². The number of piperazine rings is 1. The van der Waals surface area contributed by atoms with Crippen LogP contribution in [0.4, 0.5) is 5.95 Å². The molecule has 3 aromatic carbocycles. The Morgan fingerprint density at radius 1 is 0.889 bits per heavy atom. The van der Waals surface area contributed by atoms with Gasteiger partial charge in [0.1, 0.15) is 0 Å². The summed E-state index contributed by atoms with van der Waals surface area (Å²) in [5.41, 5.74) is 3.65. The highest BCUT2D eigenvalue weighted by Crippen LogP contribution is 2.30. The molecule has 1 atom stereocenters. The van der Waals surface area contributed by atoms with Crippen molar-refractivity contribution < 1.29 is 8.42 Å². The van der Waals surface area contributed by atoms with Crippen LogP contribution in [-0.2, 0) is 10.0 Å². The lowest BCUT2D eigenvalue weighted by molar-refractivity contribution is 0.304. The van der Waals surface area contributed by atoms with Crippen LogP contribution in [0.5, 0.6) is 0 Å². The fraction of sp³-hybridized carbons (Fsp3) is 0.222. The molecule has 2 aromatic heterocycles. The van der Waals surface area contributed by atoms with Crippen molar-refractivity contribution in [1.29, 1.82) is 0 Å². The maximum atomic E-state index is 13.3. The average molecular weight is 499 g/mol. The monoisotopic (exact) mass is 498 g/mol. The summed E-state index contributed by atoms with van der Waals surface area (Å²) in [6.45, 7) is 5.35. The molecule has 0 saturated carbocycles. The Balaban J connectivity index is 1.44. The molecule has 9 heteroatoms. The SMILES string of the molecule is Cc1cccc(-c2nnc3c4ccccc4nc(N4CCN(S(=O)(=O)c5ccccc5)[C@@H](C)C4)n23)c1. The summed E-state index contributed by atoms with van der Waals surface area (Å²) in [7, 11) is -3.58. The predicted octanol–water partition coefficient (Wildman–Crippen LogP) is 4.15. The number of para-hydroxylation sites is 1. The number of hydrogen-bond donors (Lipinski definition) is 0.